The number of aryl methyl sites for hydroxylation is 2. The van der Waals surface area contributed by atoms with Crippen molar-refractivity contribution in [1.82, 2.24) is 4.57 Å². The molecule has 0 saturated heterocycles. The van der Waals surface area contributed by atoms with E-state index in [0.717, 1.165) is 11.5 Å². The molecular formula is C12H14N2. The maximum Gasteiger partial charge on any atom is 0.108 e. The van der Waals surface area contributed by atoms with Gasteiger partial charge in [0, 0.05) is 11.9 Å². The Bertz CT molecular complexity index is 438. The molecule has 2 rings (SSSR count). The summed E-state index contributed by atoms with van der Waals surface area (Å²) in [7, 11) is 0. The molecule has 1 heterocycles. The molecule has 0 radical (unpaired) electrons. The van der Waals surface area contributed by atoms with Gasteiger partial charge in [0.2, 0.25) is 0 Å². The molecule has 0 spiro atoms. The Morgan fingerprint density at radius 3 is 2.14 bits per heavy atom. The van der Waals surface area contributed by atoms with E-state index >= 15 is 0 Å². The summed E-state index contributed by atoms with van der Waals surface area (Å²) < 4.78 is 1.99. The Morgan fingerprint density at radius 1 is 1.00 bits per heavy atom. The lowest BCUT2D eigenvalue weighted by atomic mass is 10.2. The number of hydrogen-bond donors (Lipinski definition) is 1. The number of nitrogen functional groups attached to an aromatic ring is 1. The highest BCUT2D eigenvalue weighted by Gasteiger charge is 2.01. The highest BCUT2D eigenvalue weighted by molar-refractivity contribution is 5.46. The topological polar surface area (TPSA) is 30.9 Å². The van der Waals surface area contributed by atoms with Crippen LogP contribution in [0.15, 0.2) is 36.5 Å². The fourth-order valence-electron chi connectivity index (χ4n) is 1.55. The molecule has 0 unspecified atom stereocenters. The molecule has 2 heteroatoms. The monoisotopic (exact) mass is 186 g/mol. The van der Waals surface area contributed by atoms with Gasteiger partial charge >= 0.3 is 0 Å². The fourth-order valence-corrected chi connectivity index (χ4v) is 1.55. The van der Waals surface area contributed by atoms with Gasteiger partial charge in [-0.1, -0.05) is 17.7 Å². The maximum atomic E-state index is 5.87. The Hall–Kier alpha value is -1.70. The summed E-state index contributed by atoms with van der Waals surface area (Å²) in [4.78, 5) is 0. The van der Waals surface area contributed by atoms with Gasteiger partial charge in [-0.15, -0.1) is 0 Å². The van der Waals surface area contributed by atoms with Crippen LogP contribution in [0.2, 0.25) is 0 Å². The Morgan fingerprint density at radius 2 is 1.64 bits per heavy atom. The van der Waals surface area contributed by atoms with Crippen LogP contribution in [0.25, 0.3) is 5.69 Å². The molecule has 1 aromatic carbocycles. The van der Waals surface area contributed by atoms with E-state index in [1.54, 1.807) is 0 Å². The molecule has 2 nitrogen and oxygen atoms in total. The molecule has 0 bridgehead atoms. The summed E-state index contributed by atoms with van der Waals surface area (Å²) in [5.41, 5.74) is 9.43. The third-order valence-electron chi connectivity index (χ3n) is 2.30. The Balaban J connectivity index is 2.49. The average molecular weight is 186 g/mol. The van der Waals surface area contributed by atoms with Crippen LogP contribution in [-0.4, -0.2) is 4.57 Å². The van der Waals surface area contributed by atoms with E-state index in [4.69, 9.17) is 5.73 Å². The number of nitrogens with two attached hydrogens (primary N) is 1. The number of hydrogen-bond acceptors (Lipinski definition) is 1. The van der Waals surface area contributed by atoms with Gasteiger partial charge in [0.1, 0.15) is 5.82 Å². The van der Waals surface area contributed by atoms with Gasteiger partial charge in [0.25, 0.3) is 0 Å². The van der Waals surface area contributed by atoms with Crippen LogP contribution < -0.4 is 5.73 Å². The first kappa shape index (κ1) is 8.88. The predicted molar refractivity (Wildman–Crippen MR) is 59.7 cm³/mol. The predicted octanol–water partition coefficient (Wildman–Crippen LogP) is 2.68. The zero-order valence-corrected chi connectivity index (χ0v) is 8.49. The minimum atomic E-state index is 0.784. The first-order chi connectivity index (χ1) is 6.66. The minimum absolute atomic E-state index is 0.784. The van der Waals surface area contributed by atoms with Gasteiger partial charge in [-0.3, -0.25) is 0 Å². The summed E-state index contributed by atoms with van der Waals surface area (Å²) in [5, 5.41) is 0. The van der Waals surface area contributed by atoms with E-state index in [1.807, 2.05) is 23.8 Å². The second kappa shape index (κ2) is 3.22. The van der Waals surface area contributed by atoms with Gasteiger partial charge in [0.05, 0.1) is 0 Å². The molecule has 0 aliphatic rings. The smallest absolute Gasteiger partial charge is 0.108 e. The molecule has 14 heavy (non-hydrogen) atoms. The normalized spacial score (nSPS) is 10.4. The molecule has 0 aliphatic carbocycles. The second-order valence-electron chi connectivity index (χ2n) is 3.65. The molecule has 0 saturated carbocycles. The largest absolute Gasteiger partial charge is 0.385 e. The number of rotatable bonds is 1. The molecule has 2 aromatic rings. The van der Waals surface area contributed by atoms with Crippen molar-refractivity contribution in [2.24, 2.45) is 0 Å². The van der Waals surface area contributed by atoms with Gasteiger partial charge in [-0.25, -0.2) is 0 Å². The molecular weight excluding hydrogens is 172 g/mol. The van der Waals surface area contributed by atoms with E-state index in [0.29, 0.717) is 0 Å². The van der Waals surface area contributed by atoms with E-state index < -0.39 is 0 Å². The lowest BCUT2D eigenvalue weighted by Gasteiger charge is -2.05. The molecule has 1 aromatic heterocycles. The number of aromatic nitrogens is 1. The Labute approximate surface area is 84.0 Å². The third-order valence-corrected chi connectivity index (χ3v) is 2.30. The second-order valence-corrected chi connectivity index (χ2v) is 3.65. The highest BCUT2D eigenvalue weighted by atomic mass is 15.0. The van der Waals surface area contributed by atoms with Crippen LogP contribution >= 0.6 is 0 Å². The van der Waals surface area contributed by atoms with Crippen molar-refractivity contribution in [3.05, 3.63) is 47.7 Å². The van der Waals surface area contributed by atoms with Crippen LogP contribution in [0.1, 0.15) is 11.1 Å². The molecule has 0 atom stereocenters. The van der Waals surface area contributed by atoms with Crippen LogP contribution in [0.4, 0.5) is 5.82 Å². The van der Waals surface area contributed by atoms with Crippen molar-refractivity contribution >= 4 is 5.82 Å². The van der Waals surface area contributed by atoms with Gasteiger partial charge in [0.15, 0.2) is 0 Å². The summed E-state index contributed by atoms with van der Waals surface area (Å²) in [5.74, 6) is 0.784. The van der Waals surface area contributed by atoms with Crippen LogP contribution in [-0.2, 0) is 0 Å². The summed E-state index contributed by atoms with van der Waals surface area (Å²) in [6.07, 6.45) is 2.04. The molecule has 0 amide bonds. The van der Waals surface area contributed by atoms with Crippen LogP contribution in [0, 0.1) is 13.8 Å². The minimum Gasteiger partial charge on any atom is -0.385 e. The Kier molecular flexibility index (Phi) is 2.04. The maximum absolute atomic E-state index is 5.87. The van der Waals surface area contributed by atoms with Crippen molar-refractivity contribution in [3.8, 4) is 5.69 Å². The first-order valence-electron chi connectivity index (χ1n) is 4.68. The van der Waals surface area contributed by atoms with Crippen LogP contribution in [0.3, 0.4) is 0 Å². The van der Waals surface area contributed by atoms with Gasteiger partial charge < -0.3 is 10.3 Å². The lowest BCUT2D eigenvalue weighted by Crippen LogP contribution is -1.97. The van der Waals surface area contributed by atoms with Crippen molar-refractivity contribution in [2.75, 3.05) is 5.73 Å². The lowest BCUT2D eigenvalue weighted by molar-refractivity contribution is 1.08. The summed E-state index contributed by atoms with van der Waals surface area (Å²) in [6.45, 7) is 4.12. The number of benzene rings is 1. The average Bonchev–Trinajstić information content (AvgIpc) is 2.47. The molecule has 0 aliphatic heterocycles. The number of anilines is 1. The highest BCUT2D eigenvalue weighted by Crippen LogP contribution is 2.17. The van der Waals surface area contributed by atoms with Gasteiger partial charge in [-0.2, -0.15) is 0 Å². The molecule has 2 N–H and O–H groups in total. The number of nitrogens with zero attached hydrogens (tertiary/aromatic N) is 1. The van der Waals surface area contributed by atoms with E-state index in [9.17, 15) is 0 Å². The standard InChI is InChI=1S/C12H14N2/c1-9-3-5-11(6-4-9)14-8-10(2)7-12(14)13/h3-8H,13H2,1-2H3. The fraction of sp³-hybridized carbons (Fsp3) is 0.167. The van der Waals surface area contributed by atoms with E-state index in [-0.39, 0.29) is 0 Å². The molecule has 0 fully saturated rings. The zero-order valence-electron chi connectivity index (χ0n) is 8.49. The van der Waals surface area contributed by atoms with Crippen molar-refractivity contribution < 1.29 is 0 Å². The third kappa shape index (κ3) is 1.51. The zero-order chi connectivity index (χ0) is 10.1. The van der Waals surface area contributed by atoms with E-state index in [1.165, 1.54) is 11.1 Å². The van der Waals surface area contributed by atoms with Crippen molar-refractivity contribution in [2.45, 2.75) is 13.8 Å². The summed E-state index contributed by atoms with van der Waals surface area (Å²) >= 11 is 0. The van der Waals surface area contributed by atoms with Gasteiger partial charge in [-0.05, 0) is 37.6 Å². The SMILES string of the molecule is Cc1ccc(-n2cc(C)cc2N)cc1. The van der Waals surface area contributed by atoms with Crippen LogP contribution in [0.5, 0.6) is 0 Å². The first-order valence-corrected chi connectivity index (χ1v) is 4.68. The van der Waals surface area contributed by atoms with E-state index in [2.05, 4.69) is 31.2 Å². The molecule has 72 valence electrons. The summed E-state index contributed by atoms with van der Waals surface area (Å²) in [6, 6.07) is 10.3. The van der Waals surface area contributed by atoms with Crippen molar-refractivity contribution in [1.29, 1.82) is 0 Å². The quantitative estimate of drug-likeness (QED) is 0.729. The van der Waals surface area contributed by atoms with Crippen molar-refractivity contribution in [3.63, 3.8) is 0 Å².